The molecule has 0 spiro atoms. The Morgan fingerprint density at radius 1 is 0.333 bits per heavy atom. The molecule has 0 aliphatic rings. The molecule has 1 atom stereocenters. The predicted molar refractivity (Wildman–Crippen MR) is 243 cm³/mol. The van der Waals surface area contributed by atoms with E-state index in [1.54, 1.807) is 0 Å². The molecule has 0 bridgehead atoms. The molecule has 0 N–H and O–H groups in total. The summed E-state index contributed by atoms with van der Waals surface area (Å²) in [7, 11) is 0. The highest BCUT2D eigenvalue weighted by molar-refractivity contribution is 5.71. The molecule has 0 aromatic rings. The van der Waals surface area contributed by atoms with E-state index in [1.165, 1.54) is 180 Å². The van der Waals surface area contributed by atoms with Crippen LogP contribution in [-0.4, -0.2) is 37.2 Å². The van der Waals surface area contributed by atoms with Crippen LogP contribution in [0.15, 0.2) is 0 Å². The average Bonchev–Trinajstić information content (AvgIpc) is 3.19. The number of unbranched alkanes of at least 4 members (excludes halogenated alkanes) is 33. The first-order chi connectivity index (χ1) is 27.9. The van der Waals surface area contributed by atoms with E-state index >= 15 is 0 Å². The maximum atomic E-state index is 12.7. The van der Waals surface area contributed by atoms with Gasteiger partial charge in [-0.05, 0) is 25.2 Å². The van der Waals surface area contributed by atoms with Crippen molar-refractivity contribution in [3.05, 3.63) is 0 Å². The molecule has 0 radical (unpaired) electrons. The normalized spacial score (nSPS) is 11.9. The Hall–Kier alpha value is -1.59. The molecule has 0 fully saturated rings. The van der Waals surface area contributed by atoms with Gasteiger partial charge in [0.15, 0.2) is 6.10 Å². The first kappa shape index (κ1) is 55.4. The lowest BCUT2D eigenvalue weighted by atomic mass is 10.0. The average molecular weight is 807 g/mol. The lowest BCUT2D eigenvalue weighted by molar-refractivity contribution is -0.167. The summed E-state index contributed by atoms with van der Waals surface area (Å²) in [6, 6.07) is 0. The van der Waals surface area contributed by atoms with Crippen molar-refractivity contribution in [3.8, 4) is 0 Å². The molecule has 0 unspecified atom stereocenters. The Labute approximate surface area is 355 Å². The molecule has 6 nitrogen and oxygen atoms in total. The van der Waals surface area contributed by atoms with Crippen LogP contribution >= 0.6 is 0 Å². The summed E-state index contributed by atoms with van der Waals surface area (Å²) in [6.45, 7) is 8.95. The molecule has 0 aliphatic heterocycles. The minimum Gasteiger partial charge on any atom is -0.462 e. The van der Waals surface area contributed by atoms with E-state index in [1.807, 2.05) is 0 Å². The monoisotopic (exact) mass is 807 g/mol. The first-order valence-corrected chi connectivity index (χ1v) is 25.4. The number of ether oxygens (including phenoxy) is 3. The molecule has 0 aromatic carbocycles. The summed E-state index contributed by atoms with van der Waals surface area (Å²) < 4.78 is 16.8. The van der Waals surface area contributed by atoms with Gasteiger partial charge >= 0.3 is 17.9 Å². The first-order valence-electron chi connectivity index (χ1n) is 25.4. The predicted octanol–water partition coefficient (Wildman–Crippen LogP) is 16.3. The van der Waals surface area contributed by atoms with Crippen molar-refractivity contribution in [1.29, 1.82) is 0 Å². The van der Waals surface area contributed by atoms with Crippen molar-refractivity contribution >= 4 is 17.9 Å². The van der Waals surface area contributed by atoms with E-state index < -0.39 is 6.10 Å². The van der Waals surface area contributed by atoms with E-state index in [0.717, 1.165) is 63.7 Å². The molecule has 0 saturated heterocycles. The number of carbonyl (C=O) groups is 3. The molecule has 6 heteroatoms. The Kier molecular flexibility index (Phi) is 44.2. The SMILES string of the molecule is CCCCCCCCCCCCCCCCCCC(=O)OC[C@H](COC(=O)CCCCCCCCCCCCCCCC)OC(=O)CCCCCCCCC(C)C. The van der Waals surface area contributed by atoms with E-state index in [4.69, 9.17) is 14.2 Å². The Morgan fingerprint density at radius 3 is 0.860 bits per heavy atom. The summed E-state index contributed by atoms with van der Waals surface area (Å²) in [6.07, 6.45) is 46.7. The van der Waals surface area contributed by atoms with E-state index in [-0.39, 0.29) is 31.1 Å². The number of hydrogen-bond acceptors (Lipinski definition) is 6. The molecule has 0 heterocycles. The van der Waals surface area contributed by atoms with Crippen LogP contribution in [-0.2, 0) is 28.6 Å². The molecular formula is C51H98O6. The van der Waals surface area contributed by atoms with Crippen molar-refractivity contribution in [2.45, 2.75) is 291 Å². The van der Waals surface area contributed by atoms with Gasteiger partial charge in [-0.3, -0.25) is 14.4 Å². The van der Waals surface area contributed by atoms with Crippen molar-refractivity contribution in [3.63, 3.8) is 0 Å². The highest BCUT2D eigenvalue weighted by atomic mass is 16.6. The van der Waals surface area contributed by atoms with Crippen molar-refractivity contribution in [2.75, 3.05) is 13.2 Å². The van der Waals surface area contributed by atoms with Crippen LogP contribution in [0.25, 0.3) is 0 Å². The van der Waals surface area contributed by atoms with Crippen LogP contribution in [0.1, 0.15) is 285 Å². The fourth-order valence-corrected chi connectivity index (χ4v) is 7.69. The third-order valence-electron chi connectivity index (χ3n) is 11.5. The summed E-state index contributed by atoms with van der Waals surface area (Å²) in [5.41, 5.74) is 0. The molecule has 0 saturated carbocycles. The Balaban J connectivity index is 4.24. The molecular weight excluding hydrogens is 709 g/mol. The Bertz CT molecular complexity index is 857. The highest BCUT2D eigenvalue weighted by Crippen LogP contribution is 2.17. The van der Waals surface area contributed by atoms with Gasteiger partial charge in [0.1, 0.15) is 13.2 Å². The Morgan fingerprint density at radius 2 is 0.579 bits per heavy atom. The minimum absolute atomic E-state index is 0.0641. The van der Waals surface area contributed by atoms with Crippen LogP contribution in [0.2, 0.25) is 0 Å². The number of carbonyl (C=O) groups excluding carboxylic acids is 3. The van der Waals surface area contributed by atoms with Gasteiger partial charge in [0, 0.05) is 19.3 Å². The second-order valence-electron chi connectivity index (χ2n) is 17.9. The number of rotatable bonds is 46. The summed E-state index contributed by atoms with van der Waals surface area (Å²) in [5, 5.41) is 0. The summed E-state index contributed by atoms with van der Waals surface area (Å²) in [5.74, 6) is -0.0923. The van der Waals surface area contributed by atoms with Crippen LogP contribution in [0.5, 0.6) is 0 Å². The van der Waals surface area contributed by atoms with Crippen LogP contribution in [0.3, 0.4) is 0 Å². The van der Waals surface area contributed by atoms with Crippen LogP contribution < -0.4 is 0 Å². The molecule has 0 rings (SSSR count). The van der Waals surface area contributed by atoms with E-state index in [9.17, 15) is 14.4 Å². The van der Waals surface area contributed by atoms with E-state index in [2.05, 4.69) is 27.7 Å². The van der Waals surface area contributed by atoms with Gasteiger partial charge in [-0.2, -0.15) is 0 Å². The highest BCUT2D eigenvalue weighted by Gasteiger charge is 2.19. The third-order valence-corrected chi connectivity index (χ3v) is 11.5. The van der Waals surface area contributed by atoms with Gasteiger partial charge in [-0.25, -0.2) is 0 Å². The molecule has 0 aromatic heterocycles. The fourth-order valence-electron chi connectivity index (χ4n) is 7.69. The molecule has 57 heavy (non-hydrogen) atoms. The minimum atomic E-state index is -0.761. The van der Waals surface area contributed by atoms with E-state index in [0.29, 0.717) is 19.3 Å². The van der Waals surface area contributed by atoms with Crippen LogP contribution in [0, 0.1) is 5.92 Å². The maximum absolute atomic E-state index is 12.7. The second kappa shape index (κ2) is 45.5. The van der Waals surface area contributed by atoms with Crippen molar-refractivity contribution < 1.29 is 28.6 Å². The van der Waals surface area contributed by atoms with Gasteiger partial charge in [-0.15, -0.1) is 0 Å². The quantitative estimate of drug-likeness (QED) is 0.0346. The molecule has 0 amide bonds. The zero-order valence-electron chi connectivity index (χ0n) is 38.8. The van der Waals surface area contributed by atoms with Crippen LogP contribution in [0.4, 0.5) is 0 Å². The standard InChI is InChI=1S/C51H98O6/c1-5-7-9-11-13-15-17-19-21-22-24-26-28-30-35-39-43-50(53)56-46-48(57-51(54)44-40-36-32-31-33-37-41-47(3)4)45-55-49(52)42-38-34-29-27-25-23-20-18-16-14-12-10-8-6-2/h47-48H,5-46H2,1-4H3/t48-/m0/s1. The summed E-state index contributed by atoms with van der Waals surface area (Å²) >= 11 is 0. The van der Waals surface area contributed by atoms with Gasteiger partial charge in [0.2, 0.25) is 0 Å². The maximum Gasteiger partial charge on any atom is 0.306 e. The van der Waals surface area contributed by atoms with Crippen molar-refractivity contribution in [1.82, 2.24) is 0 Å². The van der Waals surface area contributed by atoms with Gasteiger partial charge in [0.25, 0.3) is 0 Å². The smallest absolute Gasteiger partial charge is 0.306 e. The third kappa shape index (κ3) is 45.3. The zero-order valence-corrected chi connectivity index (χ0v) is 38.8. The van der Waals surface area contributed by atoms with Crippen molar-refractivity contribution in [2.24, 2.45) is 5.92 Å². The summed E-state index contributed by atoms with van der Waals surface area (Å²) in [4.78, 5) is 37.8. The number of esters is 3. The zero-order chi connectivity index (χ0) is 41.7. The largest absolute Gasteiger partial charge is 0.462 e. The van der Waals surface area contributed by atoms with Gasteiger partial charge < -0.3 is 14.2 Å². The fraction of sp³-hybridized carbons (Fsp3) is 0.941. The second-order valence-corrected chi connectivity index (χ2v) is 17.9. The molecule has 338 valence electrons. The number of hydrogen-bond donors (Lipinski definition) is 0. The lowest BCUT2D eigenvalue weighted by Crippen LogP contribution is -2.30. The lowest BCUT2D eigenvalue weighted by Gasteiger charge is -2.18. The topological polar surface area (TPSA) is 78.9 Å². The molecule has 0 aliphatic carbocycles. The van der Waals surface area contributed by atoms with Gasteiger partial charge in [0.05, 0.1) is 0 Å². The van der Waals surface area contributed by atoms with Gasteiger partial charge in [-0.1, -0.05) is 246 Å².